The fraction of sp³-hybridized carbons (Fsp3) is 0.900. The standard InChI is InChI=1S/C30H50O4/c1-18(9-12-24(32)27(4,5)34)19-13-15-30(8)21-10-11-23-26(2,3)25(33)22(31)17-28(23,6)20(21)14-16-29(19,30)7/h18-19,22-24,31-32,34H,9-17H2,1-8H3/t18-,19-,22-,23?,24?,28-,29-,30+/m1/s1. The number of hydrogen-bond donors (Lipinski definition) is 3. The third kappa shape index (κ3) is 3.60. The molecule has 194 valence electrons. The van der Waals surface area contributed by atoms with Crippen LogP contribution >= 0.6 is 0 Å². The fourth-order valence-electron chi connectivity index (χ4n) is 9.56. The number of aliphatic hydroxyl groups is 3. The Kier molecular flexibility index (Phi) is 6.32. The highest BCUT2D eigenvalue weighted by Gasteiger charge is 2.64. The molecule has 0 aliphatic heterocycles. The molecule has 34 heavy (non-hydrogen) atoms. The van der Waals surface area contributed by atoms with Crippen molar-refractivity contribution < 1.29 is 20.1 Å². The Balaban J connectivity index is 1.63. The van der Waals surface area contributed by atoms with Crippen LogP contribution in [0, 0.1) is 39.4 Å². The molecule has 8 atom stereocenters. The summed E-state index contributed by atoms with van der Waals surface area (Å²) < 4.78 is 0. The lowest BCUT2D eigenvalue weighted by molar-refractivity contribution is -0.153. The topological polar surface area (TPSA) is 77.8 Å². The molecule has 4 aliphatic rings. The van der Waals surface area contributed by atoms with Crippen molar-refractivity contribution in [1.29, 1.82) is 0 Å². The van der Waals surface area contributed by atoms with Gasteiger partial charge in [0.05, 0.1) is 11.7 Å². The third-order valence-corrected chi connectivity index (χ3v) is 11.9. The van der Waals surface area contributed by atoms with Crippen LogP contribution in [0.5, 0.6) is 0 Å². The van der Waals surface area contributed by atoms with Crippen LogP contribution in [0.15, 0.2) is 11.1 Å². The molecule has 4 aliphatic carbocycles. The summed E-state index contributed by atoms with van der Waals surface area (Å²) in [6, 6.07) is 0. The zero-order valence-corrected chi connectivity index (χ0v) is 23.0. The predicted octanol–water partition coefficient (Wildman–Crippen LogP) is 5.82. The molecule has 2 unspecified atom stereocenters. The van der Waals surface area contributed by atoms with Crippen molar-refractivity contribution in [2.45, 2.75) is 131 Å². The molecule has 0 amide bonds. The SMILES string of the molecule is C[C@H](CCC(O)C(C)(C)O)[C@H]1CC[C@@]2(C)C3=C(CC[C@]12C)[C@@]1(C)C[C@@H](O)C(=O)C(C)(C)C1CC3. The van der Waals surface area contributed by atoms with Gasteiger partial charge in [0.25, 0.3) is 0 Å². The van der Waals surface area contributed by atoms with E-state index in [4.69, 9.17) is 0 Å². The molecule has 0 saturated heterocycles. The number of ketones is 1. The molecule has 0 heterocycles. The van der Waals surface area contributed by atoms with Crippen molar-refractivity contribution in [2.24, 2.45) is 39.4 Å². The van der Waals surface area contributed by atoms with Gasteiger partial charge in [-0.3, -0.25) is 4.79 Å². The van der Waals surface area contributed by atoms with Gasteiger partial charge in [0.1, 0.15) is 6.10 Å². The maximum absolute atomic E-state index is 12.9. The molecule has 0 spiro atoms. The molecule has 2 fully saturated rings. The first-order chi connectivity index (χ1) is 15.5. The van der Waals surface area contributed by atoms with Gasteiger partial charge < -0.3 is 15.3 Å². The number of Topliss-reactive ketones (excluding diaryl/α,β-unsaturated/α-hetero) is 1. The highest BCUT2D eigenvalue weighted by molar-refractivity contribution is 5.89. The van der Waals surface area contributed by atoms with E-state index in [0.717, 1.165) is 32.1 Å². The molecule has 4 nitrogen and oxygen atoms in total. The van der Waals surface area contributed by atoms with Crippen molar-refractivity contribution in [3.05, 3.63) is 11.1 Å². The lowest BCUT2D eigenvalue weighted by atomic mass is 9.43. The van der Waals surface area contributed by atoms with Gasteiger partial charge in [0, 0.05) is 5.41 Å². The molecule has 0 aromatic rings. The number of rotatable bonds is 5. The van der Waals surface area contributed by atoms with Crippen LogP contribution in [-0.2, 0) is 4.79 Å². The van der Waals surface area contributed by atoms with E-state index in [1.807, 2.05) is 0 Å². The predicted molar refractivity (Wildman–Crippen MR) is 136 cm³/mol. The second kappa shape index (κ2) is 8.15. The number of fused-ring (bicyclic) bond motifs is 4. The second-order valence-corrected chi connectivity index (χ2v) is 14.4. The highest BCUT2D eigenvalue weighted by Crippen LogP contribution is 2.72. The number of hydrogen-bond acceptors (Lipinski definition) is 4. The van der Waals surface area contributed by atoms with Gasteiger partial charge in [-0.1, -0.05) is 52.7 Å². The Labute approximate surface area is 207 Å². The number of carbonyl (C=O) groups excluding carboxylic acids is 1. The Morgan fingerprint density at radius 1 is 1.00 bits per heavy atom. The average Bonchev–Trinajstić information content (AvgIpc) is 3.01. The summed E-state index contributed by atoms with van der Waals surface area (Å²) in [5, 5.41) is 31.3. The summed E-state index contributed by atoms with van der Waals surface area (Å²) in [5.74, 6) is 1.46. The summed E-state index contributed by atoms with van der Waals surface area (Å²) in [6.07, 6.45) is 7.45. The lowest BCUT2D eigenvalue weighted by Crippen LogP contribution is -2.57. The van der Waals surface area contributed by atoms with E-state index < -0.39 is 23.2 Å². The van der Waals surface area contributed by atoms with Crippen LogP contribution in [0.1, 0.15) is 113 Å². The van der Waals surface area contributed by atoms with E-state index in [9.17, 15) is 20.1 Å². The Morgan fingerprint density at radius 2 is 1.65 bits per heavy atom. The summed E-state index contributed by atoms with van der Waals surface area (Å²) in [6.45, 7) is 17.3. The molecule has 4 heteroatoms. The number of carbonyl (C=O) groups is 1. The minimum absolute atomic E-state index is 0.0360. The minimum atomic E-state index is -1.05. The summed E-state index contributed by atoms with van der Waals surface area (Å²) in [5.41, 5.74) is 2.02. The van der Waals surface area contributed by atoms with E-state index in [1.54, 1.807) is 25.0 Å². The lowest BCUT2D eigenvalue weighted by Gasteiger charge is -2.61. The zero-order chi connectivity index (χ0) is 25.5. The van der Waals surface area contributed by atoms with Crippen LogP contribution in [-0.4, -0.2) is 38.9 Å². The van der Waals surface area contributed by atoms with Gasteiger partial charge in [0.2, 0.25) is 0 Å². The molecule has 0 radical (unpaired) electrons. The van der Waals surface area contributed by atoms with Crippen molar-refractivity contribution >= 4 is 5.78 Å². The molecular weight excluding hydrogens is 424 g/mol. The van der Waals surface area contributed by atoms with Gasteiger partial charge >= 0.3 is 0 Å². The third-order valence-electron chi connectivity index (χ3n) is 11.9. The van der Waals surface area contributed by atoms with E-state index in [2.05, 4.69) is 41.5 Å². The second-order valence-electron chi connectivity index (χ2n) is 14.4. The summed E-state index contributed by atoms with van der Waals surface area (Å²) >= 11 is 0. The van der Waals surface area contributed by atoms with E-state index in [0.29, 0.717) is 30.6 Å². The minimum Gasteiger partial charge on any atom is -0.390 e. The first-order valence-corrected chi connectivity index (χ1v) is 13.9. The molecular formula is C30H50O4. The van der Waals surface area contributed by atoms with Crippen molar-refractivity contribution in [1.82, 2.24) is 0 Å². The summed E-state index contributed by atoms with van der Waals surface area (Å²) in [7, 11) is 0. The molecule has 2 saturated carbocycles. The quantitative estimate of drug-likeness (QED) is 0.439. The number of allylic oxidation sites excluding steroid dienone is 2. The fourth-order valence-corrected chi connectivity index (χ4v) is 9.56. The van der Waals surface area contributed by atoms with E-state index in [-0.39, 0.29) is 22.0 Å². The Morgan fingerprint density at radius 3 is 2.26 bits per heavy atom. The van der Waals surface area contributed by atoms with Gasteiger partial charge in [-0.25, -0.2) is 0 Å². The van der Waals surface area contributed by atoms with Crippen molar-refractivity contribution in [3.63, 3.8) is 0 Å². The Hall–Kier alpha value is -0.710. The normalized spacial score (nSPS) is 43.7. The van der Waals surface area contributed by atoms with Crippen LogP contribution in [0.3, 0.4) is 0 Å². The van der Waals surface area contributed by atoms with Crippen LogP contribution in [0.4, 0.5) is 0 Å². The molecule has 4 rings (SSSR count). The van der Waals surface area contributed by atoms with Gasteiger partial charge in [-0.05, 0) is 106 Å². The molecule has 0 bridgehead atoms. The monoisotopic (exact) mass is 474 g/mol. The van der Waals surface area contributed by atoms with Crippen LogP contribution < -0.4 is 0 Å². The van der Waals surface area contributed by atoms with Gasteiger partial charge in [-0.2, -0.15) is 0 Å². The number of aliphatic hydroxyl groups excluding tert-OH is 2. The largest absolute Gasteiger partial charge is 0.390 e. The summed E-state index contributed by atoms with van der Waals surface area (Å²) in [4.78, 5) is 12.9. The van der Waals surface area contributed by atoms with Gasteiger partial charge in [0.15, 0.2) is 5.78 Å². The molecule has 0 aromatic carbocycles. The average molecular weight is 475 g/mol. The van der Waals surface area contributed by atoms with Crippen molar-refractivity contribution in [3.8, 4) is 0 Å². The zero-order valence-electron chi connectivity index (χ0n) is 23.0. The van der Waals surface area contributed by atoms with Crippen LogP contribution in [0.25, 0.3) is 0 Å². The first kappa shape index (κ1) is 26.4. The van der Waals surface area contributed by atoms with E-state index >= 15 is 0 Å². The first-order valence-electron chi connectivity index (χ1n) is 13.9. The highest BCUT2D eigenvalue weighted by atomic mass is 16.3. The van der Waals surface area contributed by atoms with Crippen LogP contribution in [0.2, 0.25) is 0 Å². The maximum atomic E-state index is 12.9. The molecule has 3 N–H and O–H groups in total. The molecule has 0 aromatic heterocycles. The van der Waals surface area contributed by atoms with E-state index in [1.165, 1.54) is 12.8 Å². The van der Waals surface area contributed by atoms with Gasteiger partial charge in [-0.15, -0.1) is 0 Å². The maximum Gasteiger partial charge on any atom is 0.167 e. The Bertz CT molecular complexity index is 866. The van der Waals surface area contributed by atoms with Crippen molar-refractivity contribution in [2.75, 3.05) is 0 Å². The smallest absolute Gasteiger partial charge is 0.167 e.